The molecular weight excluding hydrogens is 168 g/mol. The Bertz CT molecular complexity index is 243. The number of aldehydes is 1. The summed E-state index contributed by atoms with van der Waals surface area (Å²) in [5.41, 5.74) is 0. The van der Waals surface area contributed by atoms with Crippen LogP contribution in [0.2, 0.25) is 0 Å². The zero-order valence-corrected chi connectivity index (χ0v) is 7.95. The zero-order valence-electron chi connectivity index (χ0n) is 7.95. The zero-order chi connectivity index (χ0) is 9.84. The maximum atomic E-state index is 11.3. The first-order chi connectivity index (χ1) is 6.19. The van der Waals surface area contributed by atoms with Crippen molar-refractivity contribution in [1.29, 1.82) is 0 Å². The fourth-order valence-corrected chi connectivity index (χ4v) is 1.53. The van der Waals surface area contributed by atoms with Crippen LogP contribution >= 0.6 is 0 Å². The highest BCUT2D eigenvalue weighted by molar-refractivity contribution is 6.02. The van der Waals surface area contributed by atoms with Gasteiger partial charge in [0.2, 0.25) is 0 Å². The number of rotatable bonds is 3. The Morgan fingerprint density at radius 1 is 1.69 bits per heavy atom. The van der Waals surface area contributed by atoms with Gasteiger partial charge in [-0.1, -0.05) is 6.92 Å². The highest BCUT2D eigenvalue weighted by atomic mass is 16.5. The molecule has 0 fully saturated rings. The molecule has 1 aliphatic carbocycles. The molecule has 0 radical (unpaired) electrons. The van der Waals surface area contributed by atoms with Gasteiger partial charge >= 0.3 is 0 Å². The normalized spacial score (nSPS) is 28.2. The van der Waals surface area contributed by atoms with Crippen molar-refractivity contribution in [3.8, 4) is 0 Å². The molecule has 0 amide bonds. The Morgan fingerprint density at radius 2 is 2.38 bits per heavy atom. The van der Waals surface area contributed by atoms with Gasteiger partial charge in [0.15, 0.2) is 5.78 Å². The van der Waals surface area contributed by atoms with Crippen LogP contribution in [0.3, 0.4) is 0 Å². The standard InChI is InChI=1S/C10H14O3/c1-3-13-8-4-7(2)9(6-11)10(12)5-8/h5-7,9H,3-4H2,1-2H3. The summed E-state index contributed by atoms with van der Waals surface area (Å²) in [6, 6.07) is 0. The van der Waals surface area contributed by atoms with Crippen LogP contribution < -0.4 is 0 Å². The van der Waals surface area contributed by atoms with Crippen LogP contribution in [0.25, 0.3) is 0 Å². The van der Waals surface area contributed by atoms with E-state index >= 15 is 0 Å². The molecule has 1 aliphatic rings. The molecule has 0 spiro atoms. The van der Waals surface area contributed by atoms with E-state index in [9.17, 15) is 9.59 Å². The summed E-state index contributed by atoms with van der Waals surface area (Å²) < 4.78 is 5.24. The van der Waals surface area contributed by atoms with E-state index in [0.717, 1.165) is 6.29 Å². The smallest absolute Gasteiger partial charge is 0.169 e. The maximum absolute atomic E-state index is 11.3. The van der Waals surface area contributed by atoms with Gasteiger partial charge in [0.1, 0.15) is 6.29 Å². The van der Waals surface area contributed by atoms with Gasteiger partial charge in [0.05, 0.1) is 18.3 Å². The van der Waals surface area contributed by atoms with Gasteiger partial charge in [0.25, 0.3) is 0 Å². The van der Waals surface area contributed by atoms with Crippen molar-refractivity contribution in [2.75, 3.05) is 6.61 Å². The van der Waals surface area contributed by atoms with Gasteiger partial charge in [-0.25, -0.2) is 0 Å². The number of ether oxygens (including phenoxy) is 1. The van der Waals surface area contributed by atoms with Gasteiger partial charge in [0, 0.05) is 12.5 Å². The van der Waals surface area contributed by atoms with Crippen LogP contribution in [0.15, 0.2) is 11.8 Å². The molecule has 0 heterocycles. The van der Waals surface area contributed by atoms with Gasteiger partial charge in [-0.2, -0.15) is 0 Å². The van der Waals surface area contributed by atoms with E-state index in [0.29, 0.717) is 18.8 Å². The second-order valence-corrected chi connectivity index (χ2v) is 3.29. The predicted octanol–water partition coefficient (Wildman–Crippen LogP) is 1.33. The third kappa shape index (κ3) is 2.17. The lowest BCUT2D eigenvalue weighted by Gasteiger charge is -2.23. The first-order valence-corrected chi connectivity index (χ1v) is 4.51. The lowest BCUT2D eigenvalue weighted by Crippen LogP contribution is -2.27. The molecule has 0 saturated heterocycles. The Hall–Kier alpha value is -1.12. The van der Waals surface area contributed by atoms with Gasteiger partial charge in [-0.15, -0.1) is 0 Å². The quantitative estimate of drug-likeness (QED) is 0.488. The molecular formula is C10H14O3. The van der Waals surface area contributed by atoms with Crippen molar-refractivity contribution in [1.82, 2.24) is 0 Å². The topological polar surface area (TPSA) is 43.4 Å². The van der Waals surface area contributed by atoms with Crippen LogP contribution in [0.1, 0.15) is 20.3 Å². The molecule has 0 saturated carbocycles. The molecule has 0 bridgehead atoms. The highest BCUT2D eigenvalue weighted by Gasteiger charge is 2.29. The van der Waals surface area contributed by atoms with Crippen LogP contribution in [-0.2, 0) is 14.3 Å². The average molecular weight is 182 g/mol. The molecule has 2 atom stereocenters. The molecule has 0 aromatic heterocycles. The minimum atomic E-state index is -0.468. The monoisotopic (exact) mass is 182 g/mol. The van der Waals surface area contributed by atoms with Crippen LogP contribution in [0.5, 0.6) is 0 Å². The summed E-state index contributed by atoms with van der Waals surface area (Å²) in [7, 11) is 0. The second kappa shape index (κ2) is 4.21. The fraction of sp³-hybridized carbons (Fsp3) is 0.600. The summed E-state index contributed by atoms with van der Waals surface area (Å²) in [6.45, 7) is 4.34. The van der Waals surface area contributed by atoms with Crippen molar-refractivity contribution in [3.05, 3.63) is 11.8 Å². The number of carbonyl (C=O) groups excluding carboxylic acids is 2. The minimum absolute atomic E-state index is 0.0662. The molecule has 1 rings (SSSR count). The minimum Gasteiger partial charge on any atom is -0.498 e. The predicted molar refractivity (Wildman–Crippen MR) is 48.1 cm³/mol. The molecule has 0 aliphatic heterocycles. The molecule has 2 unspecified atom stereocenters. The SMILES string of the molecule is CCOC1=CC(=O)C(C=O)C(C)C1. The van der Waals surface area contributed by atoms with Crippen molar-refractivity contribution in [2.24, 2.45) is 11.8 Å². The Labute approximate surface area is 77.8 Å². The molecule has 3 heteroatoms. The highest BCUT2D eigenvalue weighted by Crippen LogP contribution is 2.26. The third-order valence-electron chi connectivity index (χ3n) is 2.24. The van der Waals surface area contributed by atoms with E-state index in [-0.39, 0.29) is 11.7 Å². The van der Waals surface area contributed by atoms with E-state index in [2.05, 4.69) is 0 Å². The largest absolute Gasteiger partial charge is 0.498 e. The lowest BCUT2D eigenvalue weighted by atomic mass is 9.84. The average Bonchev–Trinajstić information content (AvgIpc) is 2.04. The Balaban J connectivity index is 2.75. The molecule has 0 aromatic carbocycles. The van der Waals surface area contributed by atoms with E-state index < -0.39 is 5.92 Å². The lowest BCUT2D eigenvalue weighted by molar-refractivity contribution is -0.126. The first kappa shape index (κ1) is 9.96. The van der Waals surface area contributed by atoms with Gasteiger partial charge in [-0.3, -0.25) is 4.79 Å². The fourth-order valence-electron chi connectivity index (χ4n) is 1.53. The molecule has 72 valence electrons. The number of allylic oxidation sites excluding steroid dienone is 2. The molecule has 13 heavy (non-hydrogen) atoms. The molecule has 0 N–H and O–H groups in total. The van der Waals surface area contributed by atoms with E-state index in [4.69, 9.17) is 4.74 Å². The molecule has 3 nitrogen and oxygen atoms in total. The summed E-state index contributed by atoms with van der Waals surface area (Å²) >= 11 is 0. The third-order valence-corrected chi connectivity index (χ3v) is 2.24. The van der Waals surface area contributed by atoms with Crippen molar-refractivity contribution >= 4 is 12.1 Å². The number of hydrogen-bond donors (Lipinski definition) is 0. The van der Waals surface area contributed by atoms with Crippen molar-refractivity contribution in [3.63, 3.8) is 0 Å². The Kier molecular flexibility index (Phi) is 3.23. The Morgan fingerprint density at radius 3 is 2.85 bits per heavy atom. The van der Waals surface area contributed by atoms with Crippen LogP contribution in [-0.4, -0.2) is 18.7 Å². The first-order valence-electron chi connectivity index (χ1n) is 4.51. The van der Waals surface area contributed by atoms with E-state index in [1.54, 1.807) is 0 Å². The maximum Gasteiger partial charge on any atom is 0.169 e. The van der Waals surface area contributed by atoms with Crippen LogP contribution in [0.4, 0.5) is 0 Å². The van der Waals surface area contributed by atoms with Crippen molar-refractivity contribution < 1.29 is 14.3 Å². The summed E-state index contributed by atoms with van der Waals surface area (Å²) in [5, 5.41) is 0. The summed E-state index contributed by atoms with van der Waals surface area (Å²) in [6.07, 6.45) is 2.86. The van der Waals surface area contributed by atoms with E-state index in [1.807, 2.05) is 13.8 Å². The van der Waals surface area contributed by atoms with Crippen LogP contribution in [0, 0.1) is 11.8 Å². The summed E-state index contributed by atoms with van der Waals surface area (Å²) in [4.78, 5) is 21.9. The number of carbonyl (C=O) groups is 2. The second-order valence-electron chi connectivity index (χ2n) is 3.29. The molecule has 0 aromatic rings. The summed E-state index contributed by atoms with van der Waals surface area (Å²) in [5.74, 6) is 0.177. The van der Waals surface area contributed by atoms with Gasteiger partial charge in [-0.05, 0) is 12.8 Å². The van der Waals surface area contributed by atoms with Gasteiger partial charge < -0.3 is 9.53 Å². The number of hydrogen-bond acceptors (Lipinski definition) is 3. The number of ketones is 1. The van der Waals surface area contributed by atoms with Crippen molar-refractivity contribution in [2.45, 2.75) is 20.3 Å². The van der Waals surface area contributed by atoms with E-state index in [1.165, 1.54) is 6.08 Å².